The molecule has 51 heavy (non-hydrogen) atoms. The largest absolute Gasteiger partial charge is 0.436 e. The molecule has 12 heteroatoms. The first-order valence-corrected chi connectivity index (χ1v) is 17.1. The first kappa shape index (κ1) is 33.6. The summed E-state index contributed by atoms with van der Waals surface area (Å²) in [5, 5.41) is 5.90. The first-order valence-electron chi connectivity index (χ1n) is 17.1. The summed E-state index contributed by atoms with van der Waals surface area (Å²) in [7, 11) is 0. The number of nitrogens with zero attached hydrogens (tertiary/aromatic N) is 5. The van der Waals surface area contributed by atoms with Gasteiger partial charge in [0, 0.05) is 80.4 Å². The number of aromatic nitrogens is 1. The summed E-state index contributed by atoms with van der Waals surface area (Å²) in [6, 6.07) is 31.1. The Morgan fingerprint density at radius 2 is 1.04 bits per heavy atom. The molecule has 0 saturated carbocycles. The molecule has 0 atom stereocenters. The van der Waals surface area contributed by atoms with Gasteiger partial charge in [-0.2, -0.15) is 0 Å². The predicted molar refractivity (Wildman–Crippen MR) is 194 cm³/mol. The topological polar surface area (TPSA) is 131 Å². The van der Waals surface area contributed by atoms with Gasteiger partial charge in [0.05, 0.1) is 13.1 Å². The third-order valence-corrected chi connectivity index (χ3v) is 9.18. The molecular formula is C39H39N7O5. The maximum Gasteiger partial charge on any atom is 0.253 e. The molecule has 3 heterocycles. The van der Waals surface area contributed by atoms with Crippen LogP contribution in [0.5, 0.6) is 0 Å². The smallest absolute Gasteiger partial charge is 0.253 e. The van der Waals surface area contributed by atoms with Crippen LogP contribution in [0.3, 0.4) is 0 Å². The fraction of sp³-hybridized carbons (Fsp3) is 0.256. The van der Waals surface area contributed by atoms with E-state index in [0.29, 0.717) is 91.9 Å². The maximum absolute atomic E-state index is 12.9. The van der Waals surface area contributed by atoms with Crippen molar-refractivity contribution in [1.82, 2.24) is 24.6 Å². The minimum atomic E-state index is -0.140. The molecule has 1 aromatic heterocycles. The fourth-order valence-corrected chi connectivity index (χ4v) is 6.38. The number of hydrogen-bond donors (Lipinski definition) is 2. The van der Waals surface area contributed by atoms with Crippen LogP contribution in [0.25, 0.3) is 22.6 Å². The molecule has 0 spiro atoms. The van der Waals surface area contributed by atoms with Gasteiger partial charge in [0.15, 0.2) is 5.58 Å². The monoisotopic (exact) mass is 685 g/mol. The number of rotatable bonds is 9. The van der Waals surface area contributed by atoms with Crippen LogP contribution >= 0.6 is 0 Å². The van der Waals surface area contributed by atoms with Crippen molar-refractivity contribution in [3.63, 3.8) is 0 Å². The van der Waals surface area contributed by atoms with Gasteiger partial charge in [-0.1, -0.05) is 36.4 Å². The molecule has 12 nitrogen and oxygen atoms in total. The van der Waals surface area contributed by atoms with Gasteiger partial charge >= 0.3 is 0 Å². The summed E-state index contributed by atoms with van der Waals surface area (Å²) < 4.78 is 5.99. The molecule has 0 unspecified atom stereocenters. The summed E-state index contributed by atoms with van der Waals surface area (Å²) in [5.74, 6) is 0.195. The summed E-state index contributed by atoms with van der Waals surface area (Å²) in [5.41, 5.74) is 4.58. The van der Waals surface area contributed by atoms with Crippen molar-refractivity contribution in [3.8, 4) is 11.5 Å². The van der Waals surface area contributed by atoms with Crippen molar-refractivity contribution >= 4 is 46.1 Å². The Morgan fingerprint density at radius 1 is 0.569 bits per heavy atom. The number of hydrogen-bond acceptors (Lipinski definition) is 8. The minimum Gasteiger partial charge on any atom is -0.436 e. The van der Waals surface area contributed by atoms with Crippen LogP contribution in [-0.2, 0) is 9.59 Å². The summed E-state index contributed by atoms with van der Waals surface area (Å²) in [6.45, 7) is 5.26. The molecule has 7 rings (SSSR count). The number of fused-ring (bicyclic) bond motifs is 1. The fourth-order valence-electron chi connectivity index (χ4n) is 6.38. The van der Waals surface area contributed by atoms with Crippen LogP contribution < -0.4 is 10.6 Å². The Kier molecular flexibility index (Phi) is 10.1. The van der Waals surface area contributed by atoms with Crippen molar-refractivity contribution in [1.29, 1.82) is 0 Å². The van der Waals surface area contributed by atoms with Crippen LogP contribution in [0.1, 0.15) is 20.7 Å². The average molecular weight is 686 g/mol. The van der Waals surface area contributed by atoms with Crippen molar-refractivity contribution in [2.45, 2.75) is 0 Å². The highest BCUT2D eigenvalue weighted by Gasteiger charge is 2.25. The van der Waals surface area contributed by atoms with E-state index in [1.54, 1.807) is 18.2 Å². The van der Waals surface area contributed by atoms with E-state index in [4.69, 9.17) is 4.42 Å². The third-order valence-electron chi connectivity index (χ3n) is 9.18. The van der Waals surface area contributed by atoms with E-state index in [2.05, 4.69) is 15.6 Å². The molecule has 2 aliphatic rings. The van der Waals surface area contributed by atoms with Gasteiger partial charge < -0.3 is 24.9 Å². The van der Waals surface area contributed by atoms with Crippen LogP contribution in [0.4, 0.5) is 11.4 Å². The predicted octanol–water partition coefficient (Wildman–Crippen LogP) is 4.29. The van der Waals surface area contributed by atoms with E-state index in [0.717, 1.165) is 5.56 Å². The van der Waals surface area contributed by atoms with Gasteiger partial charge in [-0.05, 0) is 66.7 Å². The molecule has 2 aliphatic heterocycles. The molecule has 5 aromatic rings. The van der Waals surface area contributed by atoms with E-state index in [1.807, 2.05) is 105 Å². The highest BCUT2D eigenvalue weighted by Crippen LogP contribution is 2.27. The molecule has 2 fully saturated rings. The Balaban J connectivity index is 0.867. The van der Waals surface area contributed by atoms with Crippen LogP contribution in [-0.4, -0.2) is 114 Å². The van der Waals surface area contributed by atoms with E-state index in [-0.39, 0.29) is 36.7 Å². The molecule has 0 aliphatic carbocycles. The van der Waals surface area contributed by atoms with Gasteiger partial charge in [-0.15, -0.1) is 0 Å². The molecular weight excluding hydrogens is 646 g/mol. The lowest BCUT2D eigenvalue weighted by atomic mass is 10.2. The molecule has 260 valence electrons. The zero-order valence-corrected chi connectivity index (χ0v) is 28.2. The van der Waals surface area contributed by atoms with Crippen LogP contribution in [0.2, 0.25) is 0 Å². The van der Waals surface area contributed by atoms with Gasteiger partial charge in [0.25, 0.3) is 11.8 Å². The second-order valence-electron chi connectivity index (χ2n) is 12.7. The van der Waals surface area contributed by atoms with Crippen LogP contribution in [0.15, 0.2) is 108 Å². The second-order valence-corrected chi connectivity index (χ2v) is 12.7. The number of anilines is 2. The Hall–Kier alpha value is -5.85. The van der Waals surface area contributed by atoms with E-state index < -0.39 is 0 Å². The lowest BCUT2D eigenvalue weighted by molar-refractivity contribution is -0.118. The molecule has 4 amide bonds. The number of piperazine rings is 2. The maximum atomic E-state index is 12.9. The number of carbonyl (C=O) groups is 4. The molecule has 2 saturated heterocycles. The Labute approximate surface area is 295 Å². The summed E-state index contributed by atoms with van der Waals surface area (Å²) >= 11 is 0. The zero-order valence-electron chi connectivity index (χ0n) is 28.2. The number of amides is 4. The molecule has 0 radical (unpaired) electrons. The van der Waals surface area contributed by atoms with Crippen molar-refractivity contribution in [3.05, 3.63) is 114 Å². The third kappa shape index (κ3) is 8.31. The van der Waals surface area contributed by atoms with E-state index >= 15 is 0 Å². The highest BCUT2D eigenvalue weighted by atomic mass is 16.3. The quantitative estimate of drug-likeness (QED) is 0.235. The normalized spacial score (nSPS) is 15.5. The SMILES string of the molecule is O=C(CN1CCN(C(=O)c2ccccc2)CC1)Nc1ccc(-c2nc3cc(NC(=O)CN4CCN(C(=O)c5ccccc5)CC4)ccc3o2)cc1. The van der Waals surface area contributed by atoms with Gasteiger partial charge in [0.2, 0.25) is 17.7 Å². The van der Waals surface area contributed by atoms with E-state index in [9.17, 15) is 19.2 Å². The zero-order chi connectivity index (χ0) is 35.2. The molecule has 2 N–H and O–H groups in total. The Bertz CT molecular complexity index is 2000. The average Bonchev–Trinajstić information content (AvgIpc) is 3.59. The summed E-state index contributed by atoms with van der Waals surface area (Å²) in [4.78, 5) is 63.5. The van der Waals surface area contributed by atoms with Crippen molar-refractivity contribution < 1.29 is 23.6 Å². The number of carbonyl (C=O) groups excluding carboxylic acids is 4. The van der Waals surface area contributed by atoms with E-state index in [1.165, 1.54) is 0 Å². The van der Waals surface area contributed by atoms with Crippen molar-refractivity contribution in [2.24, 2.45) is 0 Å². The summed E-state index contributed by atoms with van der Waals surface area (Å²) in [6.07, 6.45) is 0. The molecule has 4 aromatic carbocycles. The minimum absolute atomic E-state index is 0.0131. The lowest BCUT2D eigenvalue weighted by Gasteiger charge is -2.34. The van der Waals surface area contributed by atoms with Gasteiger partial charge in [-0.25, -0.2) is 4.98 Å². The standard InChI is InChI=1S/C39H39N7O5/c47-35(26-43-17-21-45(22-18-43)38(49)29-7-3-1-4-8-29)40-31-13-11-28(12-14-31)37-42-33-25-32(15-16-34(33)51-37)41-36(48)27-44-19-23-46(24-20-44)39(50)30-9-5-2-6-10-30/h1-16,25H,17-24,26-27H2,(H,40,47)(H,41,48). The van der Waals surface area contributed by atoms with Gasteiger partial charge in [-0.3, -0.25) is 29.0 Å². The lowest BCUT2D eigenvalue weighted by Crippen LogP contribution is -2.50. The number of nitrogens with one attached hydrogen (secondary N) is 2. The Morgan fingerprint density at radius 3 is 1.55 bits per heavy atom. The van der Waals surface area contributed by atoms with Crippen molar-refractivity contribution in [2.75, 3.05) is 76.1 Å². The van der Waals surface area contributed by atoms with Crippen LogP contribution in [0, 0.1) is 0 Å². The molecule has 0 bridgehead atoms. The first-order chi connectivity index (χ1) is 24.9. The highest BCUT2D eigenvalue weighted by molar-refractivity contribution is 5.96. The number of oxazole rings is 1. The number of benzene rings is 4. The van der Waals surface area contributed by atoms with Gasteiger partial charge in [0.1, 0.15) is 5.52 Å². The second kappa shape index (κ2) is 15.4.